The fraction of sp³-hybridized carbons (Fsp3) is 0.467. The van der Waals surface area contributed by atoms with Gasteiger partial charge < -0.3 is 9.64 Å². The quantitative estimate of drug-likeness (QED) is 0.568. The highest BCUT2D eigenvalue weighted by molar-refractivity contribution is 7.99. The van der Waals surface area contributed by atoms with Crippen LogP contribution in [-0.4, -0.2) is 36.5 Å². The first kappa shape index (κ1) is 17.9. The van der Waals surface area contributed by atoms with E-state index in [0.717, 1.165) is 5.69 Å². The average Bonchev–Trinajstić information content (AvgIpc) is 2.45. The molecule has 0 bridgehead atoms. The van der Waals surface area contributed by atoms with Gasteiger partial charge in [-0.3, -0.25) is 9.59 Å². The number of anilines is 1. The van der Waals surface area contributed by atoms with Crippen molar-refractivity contribution < 1.29 is 14.3 Å². The van der Waals surface area contributed by atoms with Crippen LogP contribution in [0, 0.1) is 0 Å². The van der Waals surface area contributed by atoms with Gasteiger partial charge in [0.15, 0.2) is 0 Å². The molecule has 0 aliphatic rings. The summed E-state index contributed by atoms with van der Waals surface area (Å²) in [6, 6.07) is 7.27. The Labute approximate surface area is 134 Å². The number of benzene rings is 1. The molecule has 4 nitrogen and oxygen atoms in total. The first-order chi connectivity index (χ1) is 9.95. The Morgan fingerprint density at radius 2 is 1.90 bits per heavy atom. The lowest BCUT2D eigenvalue weighted by atomic mass is 10.2. The molecule has 0 saturated carbocycles. The number of carbonyl (C=O) groups is 2. The van der Waals surface area contributed by atoms with Crippen LogP contribution < -0.4 is 4.90 Å². The van der Waals surface area contributed by atoms with Crippen LogP contribution in [0.2, 0.25) is 5.02 Å². The van der Waals surface area contributed by atoms with Gasteiger partial charge in [0, 0.05) is 28.9 Å². The van der Waals surface area contributed by atoms with Gasteiger partial charge in [0.1, 0.15) is 0 Å². The van der Waals surface area contributed by atoms with Crippen molar-refractivity contribution in [3.8, 4) is 0 Å². The van der Waals surface area contributed by atoms with E-state index in [1.165, 1.54) is 18.9 Å². The maximum absolute atomic E-state index is 12.3. The fourth-order valence-corrected chi connectivity index (χ4v) is 2.70. The van der Waals surface area contributed by atoms with Gasteiger partial charge in [0.05, 0.1) is 12.9 Å². The third-order valence-electron chi connectivity index (χ3n) is 2.80. The van der Waals surface area contributed by atoms with E-state index in [2.05, 4.69) is 4.74 Å². The van der Waals surface area contributed by atoms with Gasteiger partial charge in [-0.2, -0.15) is 0 Å². The molecule has 0 N–H and O–H groups in total. The van der Waals surface area contributed by atoms with Crippen molar-refractivity contribution in [2.45, 2.75) is 26.3 Å². The molecule has 0 fully saturated rings. The van der Waals surface area contributed by atoms with Crippen molar-refractivity contribution in [1.82, 2.24) is 0 Å². The van der Waals surface area contributed by atoms with E-state index in [9.17, 15) is 9.59 Å². The van der Waals surface area contributed by atoms with E-state index >= 15 is 0 Å². The normalized spacial score (nSPS) is 10.5. The number of thioether (sulfide) groups is 1. The molecular weight excluding hydrogens is 310 g/mol. The minimum absolute atomic E-state index is 0.0321. The summed E-state index contributed by atoms with van der Waals surface area (Å²) in [5, 5.41) is 0.642. The molecule has 0 aliphatic heterocycles. The zero-order valence-electron chi connectivity index (χ0n) is 12.5. The summed E-state index contributed by atoms with van der Waals surface area (Å²) in [4.78, 5) is 25.1. The zero-order valence-corrected chi connectivity index (χ0v) is 14.0. The van der Waals surface area contributed by atoms with Crippen molar-refractivity contribution >= 4 is 40.9 Å². The monoisotopic (exact) mass is 329 g/mol. The van der Waals surface area contributed by atoms with E-state index in [-0.39, 0.29) is 23.7 Å². The lowest BCUT2D eigenvalue weighted by molar-refractivity contribution is -0.137. The zero-order chi connectivity index (χ0) is 15.8. The predicted octanol–water partition coefficient (Wildman–Crippen LogP) is 3.38. The molecule has 0 aliphatic carbocycles. The van der Waals surface area contributed by atoms with E-state index in [0.29, 0.717) is 17.2 Å². The van der Waals surface area contributed by atoms with Crippen LogP contribution in [0.15, 0.2) is 24.3 Å². The summed E-state index contributed by atoms with van der Waals surface area (Å²) in [6.45, 7) is 3.93. The summed E-state index contributed by atoms with van der Waals surface area (Å²) < 4.78 is 4.56. The number of halogens is 1. The molecule has 1 rings (SSSR count). The lowest BCUT2D eigenvalue weighted by Gasteiger charge is -2.27. The third-order valence-corrected chi connectivity index (χ3v) is 3.98. The minimum atomic E-state index is -0.272. The number of hydrogen-bond acceptors (Lipinski definition) is 4. The second-order valence-corrected chi connectivity index (χ2v) is 6.25. The number of hydrogen-bond donors (Lipinski definition) is 0. The van der Waals surface area contributed by atoms with E-state index in [4.69, 9.17) is 11.6 Å². The predicted molar refractivity (Wildman–Crippen MR) is 88.0 cm³/mol. The molecule has 1 aromatic rings. The van der Waals surface area contributed by atoms with Crippen LogP contribution >= 0.6 is 23.4 Å². The van der Waals surface area contributed by atoms with Gasteiger partial charge in [-0.1, -0.05) is 11.6 Å². The Hall–Kier alpha value is -1.20. The molecular formula is C15H20ClNO3S. The topological polar surface area (TPSA) is 46.6 Å². The second-order valence-electron chi connectivity index (χ2n) is 4.71. The summed E-state index contributed by atoms with van der Waals surface area (Å²) in [6.07, 6.45) is 0.377. The molecule has 0 saturated heterocycles. The van der Waals surface area contributed by atoms with Crippen LogP contribution in [0.4, 0.5) is 5.69 Å². The Morgan fingerprint density at radius 1 is 1.29 bits per heavy atom. The Morgan fingerprint density at radius 3 is 2.43 bits per heavy atom. The summed E-state index contributed by atoms with van der Waals surface area (Å²) in [5.41, 5.74) is 0.831. The molecule has 0 heterocycles. The molecule has 0 aromatic heterocycles. The van der Waals surface area contributed by atoms with Gasteiger partial charge >= 0.3 is 5.97 Å². The number of ether oxygens (including phenoxy) is 1. The minimum Gasteiger partial charge on any atom is -0.468 e. The van der Waals surface area contributed by atoms with E-state index in [1.807, 2.05) is 26.0 Å². The van der Waals surface area contributed by atoms with Crippen LogP contribution in [0.1, 0.15) is 20.3 Å². The highest BCUT2D eigenvalue weighted by Crippen LogP contribution is 2.21. The van der Waals surface area contributed by atoms with Crippen molar-refractivity contribution in [3.63, 3.8) is 0 Å². The smallest absolute Gasteiger partial charge is 0.315 e. The Balaban J connectivity index is 2.58. The molecule has 0 spiro atoms. The van der Waals surface area contributed by atoms with Gasteiger partial charge in [0.25, 0.3) is 0 Å². The third kappa shape index (κ3) is 5.98. The summed E-state index contributed by atoms with van der Waals surface area (Å²) in [7, 11) is 1.36. The molecule has 0 atom stereocenters. The highest BCUT2D eigenvalue weighted by atomic mass is 35.5. The average molecular weight is 330 g/mol. The van der Waals surface area contributed by atoms with Crippen LogP contribution in [0.25, 0.3) is 0 Å². The van der Waals surface area contributed by atoms with Crippen molar-refractivity contribution in [3.05, 3.63) is 29.3 Å². The van der Waals surface area contributed by atoms with Crippen LogP contribution in [0.5, 0.6) is 0 Å². The molecule has 116 valence electrons. The summed E-state index contributed by atoms with van der Waals surface area (Å²) >= 11 is 7.27. The lowest BCUT2D eigenvalue weighted by Crippen LogP contribution is -2.37. The van der Waals surface area contributed by atoms with Crippen LogP contribution in [-0.2, 0) is 14.3 Å². The van der Waals surface area contributed by atoms with Crippen LogP contribution in [0.3, 0.4) is 0 Å². The molecule has 1 amide bonds. The molecule has 0 radical (unpaired) electrons. The number of carbonyl (C=O) groups excluding carboxylic acids is 2. The molecule has 1 aromatic carbocycles. The number of amides is 1. The maximum Gasteiger partial charge on any atom is 0.315 e. The Bertz CT molecular complexity index is 476. The SMILES string of the molecule is COC(=O)CSCCC(=O)N(c1ccc(Cl)cc1)C(C)C. The second kappa shape index (κ2) is 8.95. The first-order valence-corrected chi connectivity index (χ1v) is 8.21. The van der Waals surface area contributed by atoms with Crippen molar-refractivity contribution in [2.75, 3.05) is 23.5 Å². The Kier molecular flexibility index (Phi) is 7.61. The largest absolute Gasteiger partial charge is 0.468 e. The van der Waals surface area contributed by atoms with E-state index < -0.39 is 0 Å². The highest BCUT2D eigenvalue weighted by Gasteiger charge is 2.18. The summed E-state index contributed by atoms with van der Waals surface area (Å²) in [5.74, 6) is 0.618. The number of methoxy groups -OCH3 is 1. The van der Waals surface area contributed by atoms with Gasteiger partial charge in [0.2, 0.25) is 5.91 Å². The van der Waals surface area contributed by atoms with E-state index in [1.54, 1.807) is 17.0 Å². The number of rotatable bonds is 7. The maximum atomic E-state index is 12.3. The van der Waals surface area contributed by atoms with Gasteiger partial charge in [-0.05, 0) is 38.1 Å². The number of esters is 1. The van der Waals surface area contributed by atoms with Crippen molar-refractivity contribution in [1.29, 1.82) is 0 Å². The number of nitrogens with zero attached hydrogens (tertiary/aromatic N) is 1. The molecule has 0 unspecified atom stereocenters. The van der Waals surface area contributed by atoms with Gasteiger partial charge in [-0.25, -0.2) is 0 Å². The van der Waals surface area contributed by atoms with Crippen molar-refractivity contribution in [2.24, 2.45) is 0 Å². The standard InChI is InChI=1S/C15H20ClNO3S/c1-11(2)17(13-6-4-12(16)5-7-13)14(18)8-9-21-10-15(19)20-3/h4-7,11H,8-10H2,1-3H3. The fourth-order valence-electron chi connectivity index (χ4n) is 1.83. The molecule has 21 heavy (non-hydrogen) atoms. The van der Waals surface area contributed by atoms with Gasteiger partial charge in [-0.15, -0.1) is 11.8 Å². The molecule has 6 heteroatoms. The first-order valence-electron chi connectivity index (χ1n) is 6.68.